The highest BCUT2D eigenvalue weighted by molar-refractivity contribution is 5.95. The van der Waals surface area contributed by atoms with E-state index in [1.54, 1.807) is 17.0 Å². The summed E-state index contributed by atoms with van der Waals surface area (Å²) < 4.78 is 5.61. The molecule has 0 aromatic heterocycles. The normalized spacial score (nSPS) is 25.9. The highest BCUT2D eigenvalue weighted by Crippen LogP contribution is 2.37. The summed E-state index contributed by atoms with van der Waals surface area (Å²) in [6.07, 6.45) is 1.10. The third kappa shape index (κ3) is 3.41. The molecule has 7 heteroatoms. The van der Waals surface area contributed by atoms with E-state index in [4.69, 9.17) is 10.5 Å². The maximum Gasteiger partial charge on any atom is 0.254 e. The summed E-state index contributed by atoms with van der Waals surface area (Å²) in [7, 11) is 0. The van der Waals surface area contributed by atoms with Gasteiger partial charge in [0.05, 0.1) is 11.5 Å². The van der Waals surface area contributed by atoms with Crippen LogP contribution in [0.2, 0.25) is 0 Å². The van der Waals surface area contributed by atoms with Crippen LogP contribution in [-0.2, 0) is 4.79 Å². The minimum absolute atomic E-state index is 0.146. The molecule has 0 radical (unpaired) electrons. The summed E-state index contributed by atoms with van der Waals surface area (Å²) in [6, 6.07) is 5.35. The number of carbonyl (C=O) groups excluding carboxylic acids is 2. The van der Waals surface area contributed by atoms with Gasteiger partial charge < -0.3 is 25.8 Å². The summed E-state index contributed by atoms with van der Waals surface area (Å²) >= 11 is 0. The quantitative estimate of drug-likeness (QED) is 0.722. The Morgan fingerprint density at radius 1 is 1.50 bits per heavy atom. The number of amides is 2. The molecule has 26 heavy (non-hydrogen) atoms. The van der Waals surface area contributed by atoms with Gasteiger partial charge in [0.2, 0.25) is 5.91 Å². The lowest BCUT2D eigenvalue weighted by Crippen LogP contribution is -2.62. The molecule has 2 aliphatic rings. The summed E-state index contributed by atoms with van der Waals surface area (Å²) in [5.74, 6) is 0.348. The molecule has 142 valence electrons. The third-order valence-corrected chi connectivity index (χ3v) is 5.42. The number of aliphatic hydroxyl groups is 1. The van der Waals surface area contributed by atoms with Gasteiger partial charge in [0.15, 0.2) is 0 Å². The Labute approximate surface area is 153 Å². The number of ether oxygens (including phenoxy) is 1. The molecule has 0 bridgehead atoms. The maximum atomic E-state index is 13.0. The van der Waals surface area contributed by atoms with E-state index in [1.165, 1.54) is 0 Å². The first-order valence-corrected chi connectivity index (χ1v) is 9.17. The van der Waals surface area contributed by atoms with E-state index in [1.807, 2.05) is 13.0 Å². The Hall–Kier alpha value is -2.12. The SMILES string of the molecule is Cc1ccc(C(=O)N2CC[C@@H](O)[C@@]3(CCCNC3=O)C2)cc1OCCN. The van der Waals surface area contributed by atoms with E-state index in [2.05, 4.69) is 5.32 Å². The molecule has 2 aliphatic heterocycles. The van der Waals surface area contributed by atoms with Crippen molar-refractivity contribution < 1.29 is 19.4 Å². The molecule has 4 N–H and O–H groups in total. The smallest absolute Gasteiger partial charge is 0.254 e. The average molecular weight is 361 g/mol. The van der Waals surface area contributed by atoms with Crippen LogP contribution in [0.5, 0.6) is 5.75 Å². The zero-order valence-corrected chi connectivity index (χ0v) is 15.2. The van der Waals surface area contributed by atoms with Crippen molar-refractivity contribution in [1.29, 1.82) is 0 Å². The van der Waals surface area contributed by atoms with Gasteiger partial charge in [0, 0.05) is 31.7 Å². The fraction of sp³-hybridized carbons (Fsp3) is 0.579. The Bertz CT molecular complexity index is 693. The molecule has 2 atom stereocenters. The average Bonchev–Trinajstić information content (AvgIpc) is 2.65. The van der Waals surface area contributed by atoms with Gasteiger partial charge in [-0.25, -0.2) is 0 Å². The van der Waals surface area contributed by atoms with Gasteiger partial charge in [-0.15, -0.1) is 0 Å². The number of aliphatic hydroxyl groups excluding tert-OH is 1. The summed E-state index contributed by atoms with van der Waals surface area (Å²) in [4.78, 5) is 27.1. The van der Waals surface area contributed by atoms with Gasteiger partial charge in [0.25, 0.3) is 5.91 Å². The first kappa shape index (κ1) is 18.7. The predicted octanol–water partition coefficient (Wildman–Crippen LogP) is 0.436. The van der Waals surface area contributed by atoms with Crippen LogP contribution in [0.15, 0.2) is 18.2 Å². The first-order chi connectivity index (χ1) is 12.5. The molecule has 1 spiro atoms. The molecule has 2 amide bonds. The van der Waals surface area contributed by atoms with E-state index in [0.29, 0.717) is 50.4 Å². The summed E-state index contributed by atoms with van der Waals surface area (Å²) in [5.41, 5.74) is 6.05. The van der Waals surface area contributed by atoms with E-state index in [0.717, 1.165) is 12.0 Å². The van der Waals surface area contributed by atoms with Gasteiger partial charge >= 0.3 is 0 Å². The lowest BCUT2D eigenvalue weighted by molar-refractivity contribution is -0.147. The van der Waals surface area contributed by atoms with Crippen molar-refractivity contribution in [2.75, 3.05) is 32.8 Å². The molecule has 1 aromatic rings. The maximum absolute atomic E-state index is 13.0. The summed E-state index contributed by atoms with van der Waals surface area (Å²) in [5, 5.41) is 13.3. The Morgan fingerprint density at radius 2 is 2.31 bits per heavy atom. The van der Waals surface area contributed by atoms with Gasteiger partial charge in [-0.2, -0.15) is 0 Å². The van der Waals surface area contributed by atoms with Crippen LogP contribution in [0.3, 0.4) is 0 Å². The molecule has 0 aliphatic carbocycles. The molecule has 2 saturated heterocycles. The molecule has 7 nitrogen and oxygen atoms in total. The van der Waals surface area contributed by atoms with Crippen molar-refractivity contribution in [3.63, 3.8) is 0 Å². The highest BCUT2D eigenvalue weighted by atomic mass is 16.5. The van der Waals surface area contributed by atoms with Crippen molar-refractivity contribution in [1.82, 2.24) is 10.2 Å². The standard InChI is InChI=1S/C19H27N3O4/c1-13-3-4-14(11-15(13)26-10-7-20)17(24)22-9-5-16(23)19(12-22)6-2-8-21-18(19)25/h3-4,11,16,23H,2,5-10,12,20H2,1H3,(H,21,25)/t16-,19-/m1/s1. The molecular weight excluding hydrogens is 334 g/mol. The van der Waals surface area contributed by atoms with Crippen molar-refractivity contribution in [3.05, 3.63) is 29.3 Å². The molecule has 3 rings (SSSR count). The van der Waals surface area contributed by atoms with Crippen LogP contribution in [0.4, 0.5) is 0 Å². The highest BCUT2D eigenvalue weighted by Gasteiger charge is 2.50. The monoisotopic (exact) mass is 361 g/mol. The van der Waals surface area contributed by atoms with Crippen molar-refractivity contribution in [2.45, 2.75) is 32.3 Å². The number of hydrogen-bond donors (Lipinski definition) is 3. The number of piperidine rings is 2. The van der Waals surface area contributed by atoms with Crippen LogP contribution in [-0.4, -0.2) is 60.7 Å². The third-order valence-electron chi connectivity index (χ3n) is 5.42. The molecular formula is C19H27N3O4. The number of nitrogens with two attached hydrogens (primary N) is 1. The fourth-order valence-corrected chi connectivity index (χ4v) is 3.86. The van der Waals surface area contributed by atoms with Gasteiger partial charge in [0.1, 0.15) is 12.4 Å². The predicted molar refractivity (Wildman–Crippen MR) is 96.9 cm³/mol. The Morgan fingerprint density at radius 3 is 3.04 bits per heavy atom. The van der Waals surface area contributed by atoms with Gasteiger partial charge in [-0.05, 0) is 43.9 Å². The lowest BCUT2D eigenvalue weighted by atomic mass is 9.71. The minimum Gasteiger partial charge on any atom is -0.492 e. The topological polar surface area (TPSA) is 105 Å². The number of likely N-dealkylation sites (tertiary alicyclic amines) is 1. The first-order valence-electron chi connectivity index (χ1n) is 9.17. The molecule has 2 fully saturated rings. The summed E-state index contributed by atoms with van der Waals surface area (Å²) in [6.45, 7) is 4.00. The van der Waals surface area contributed by atoms with E-state index >= 15 is 0 Å². The second kappa shape index (κ2) is 7.63. The zero-order valence-electron chi connectivity index (χ0n) is 15.2. The van der Waals surface area contributed by atoms with E-state index in [9.17, 15) is 14.7 Å². The number of nitrogens with zero attached hydrogens (tertiary/aromatic N) is 1. The second-order valence-electron chi connectivity index (χ2n) is 7.16. The van der Waals surface area contributed by atoms with Crippen LogP contribution in [0, 0.1) is 12.3 Å². The number of benzene rings is 1. The number of rotatable bonds is 4. The molecule has 0 saturated carbocycles. The minimum atomic E-state index is -0.893. The number of carbonyl (C=O) groups is 2. The van der Waals surface area contributed by atoms with E-state index < -0.39 is 11.5 Å². The van der Waals surface area contributed by atoms with Gasteiger partial charge in [-0.1, -0.05) is 6.07 Å². The van der Waals surface area contributed by atoms with Crippen LogP contribution in [0.25, 0.3) is 0 Å². The van der Waals surface area contributed by atoms with E-state index in [-0.39, 0.29) is 18.4 Å². The fourth-order valence-electron chi connectivity index (χ4n) is 3.86. The van der Waals surface area contributed by atoms with Crippen molar-refractivity contribution in [3.8, 4) is 5.75 Å². The molecule has 2 heterocycles. The van der Waals surface area contributed by atoms with Crippen molar-refractivity contribution >= 4 is 11.8 Å². The zero-order chi connectivity index (χ0) is 18.7. The van der Waals surface area contributed by atoms with Crippen LogP contribution in [0.1, 0.15) is 35.2 Å². The van der Waals surface area contributed by atoms with Crippen LogP contribution >= 0.6 is 0 Å². The van der Waals surface area contributed by atoms with Gasteiger partial charge in [-0.3, -0.25) is 9.59 Å². The lowest BCUT2D eigenvalue weighted by Gasteiger charge is -2.46. The second-order valence-corrected chi connectivity index (χ2v) is 7.16. The van der Waals surface area contributed by atoms with Crippen molar-refractivity contribution in [2.24, 2.45) is 11.1 Å². The number of nitrogens with one attached hydrogen (secondary N) is 1. The Kier molecular flexibility index (Phi) is 5.48. The number of hydrogen-bond acceptors (Lipinski definition) is 5. The Balaban J connectivity index is 1.80. The van der Waals surface area contributed by atoms with Crippen LogP contribution < -0.4 is 15.8 Å². The largest absolute Gasteiger partial charge is 0.492 e. The molecule has 0 unspecified atom stereocenters. The number of aryl methyl sites for hydroxylation is 1. The molecule has 1 aromatic carbocycles.